The third-order valence-electron chi connectivity index (χ3n) is 9.95. The third kappa shape index (κ3) is 17.3. The van der Waals surface area contributed by atoms with Crippen molar-refractivity contribution in [3.8, 4) is 0 Å². The van der Waals surface area contributed by atoms with Gasteiger partial charge >= 0.3 is 266 Å². The first-order valence-electron chi connectivity index (χ1n) is 19.4. The molecular formula is C39H73NO4P+. The van der Waals surface area contributed by atoms with Gasteiger partial charge in [-0.2, -0.15) is 0 Å². The third-order valence-corrected chi connectivity index (χ3v) is 16.3. The van der Waals surface area contributed by atoms with Gasteiger partial charge in [0.2, 0.25) is 0 Å². The number of carbonyl (C=O) groups is 1. The molecule has 0 aliphatic carbocycles. The van der Waals surface area contributed by atoms with Crippen LogP contribution in [0.25, 0.3) is 0 Å². The molecule has 5 nitrogen and oxygen atoms in total. The Bertz CT molecular complexity index is 871. The number of unbranched alkanes of at least 4 members (excludes halogenated alkanes) is 20. The van der Waals surface area contributed by atoms with Gasteiger partial charge in [0.15, 0.2) is 0 Å². The summed E-state index contributed by atoms with van der Waals surface area (Å²) in [6.45, 7) is 6.04. The van der Waals surface area contributed by atoms with Crippen molar-refractivity contribution in [3.05, 3.63) is 34.7 Å². The average Bonchev–Trinajstić information content (AvgIpc) is 3.04. The van der Waals surface area contributed by atoms with Crippen LogP contribution in [0.2, 0.25) is 0 Å². The molecule has 0 saturated carbocycles. The van der Waals surface area contributed by atoms with Crippen LogP contribution in [0.1, 0.15) is 192 Å². The maximum absolute atomic E-state index is 14.0. The predicted molar refractivity (Wildman–Crippen MR) is 198 cm³/mol. The van der Waals surface area contributed by atoms with Gasteiger partial charge in [-0.25, -0.2) is 0 Å². The molecule has 0 aromatic heterocycles. The van der Waals surface area contributed by atoms with E-state index >= 15 is 0 Å². The Morgan fingerprint density at radius 2 is 0.867 bits per heavy atom. The Balaban J connectivity index is 3.19. The van der Waals surface area contributed by atoms with Crippen LogP contribution in [0.3, 0.4) is 0 Å². The molecule has 0 unspecified atom stereocenters. The van der Waals surface area contributed by atoms with E-state index in [9.17, 15) is 14.8 Å². The van der Waals surface area contributed by atoms with Crippen molar-refractivity contribution >= 4 is 18.5 Å². The summed E-state index contributed by atoms with van der Waals surface area (Å²) in [5, 5.41) is 9.89. The minimum atomic E-state index is -2.99. The second kappa shape index (κ2) is 25.6. The molecule has 0 radical (unpaired) electrons. The van der Waals surface area contributed by atoms with Crippen LogP contribution in [0.5, 0.6) is 0 Å². The van der Waals surface area contributed by atoms with Crippen molar-refractivity contribution < 1.29 is 19.4 Å². The van der Waals surface area contributed by atoms with Crippen LogP contribution in [0, 0.1) is 4.91 Å². The van der Waals surface area contributed by atoms with Crippen molar-refractivity contribution in [2.24, 2.45) is 0 Å². The van der Waals surface area contributed by atoms with Gasteiger partial charge in [0.25, 0.3) is 0 Å². The molecule has 6 heteroatoms. The summed E-state index contributed by atoms with van der Waals surface area (Å²) in [5.74, 6) is -1.08. The van der Waals surface area contributed by atoms with Crippen LogP contribution < -0.4 is 0 Å². The number of nitrogens with zero attached hydrogens (tertiary/aromatic N) is 1. The van der Waals surface area contributed by atoms with E-state index in [0.717, 1.165) is 50.3 Å². The first-order chi connectivity index (χ1) is 21.9. The predicted octanol–water partition coefficient (Wildman–Crippen LogP) is 13.6. The second-order valence-corrected chi connectivity index (χ2v) is 19.7. The summed E-state index contributed by atoms with van der Waals surface area (Å²) < 4.78 is 6.99. The van der Waals surface area contributed by atoms with Gasteiger partial charge in [0.1, 0.15) is 0 Å². The minimum absolute atomic E-state index is 0.0254. The van der Waals surface area contributed by atoms with Gasteiger partial charge in [-0.15, -0.1) is 0 Å². The van der Waals surface area contributed by atoms with E-state index in [1.807, 2.05) is 0 Å². The van der Waals surface area contributed by atoms with E-state index in [1.54, 1.807) is 18.2 Å². The van der Waals surface area contributed by atoms with Crippen molar-refractivity contribution in [3.63, 3.8) is 0 Å². The molecule has 0 bridgehead atoms. The zero-order chi connectivity index (χ0) is 33.1. The monoisotopic (exact) mass is 651 g/mol. The summed E-state index contributed by atoms with van der Waals surface area (Å²) >= 11 is 0. The molecule has 1 aromatic carbocycles. The first kappa shape index (κ1) is 41.5. The molecule has 0 heterocycles. The fourth-order valence-electron chi connectivity index (χ4n) is 7.07. The van der Waals surface area contributed by atoms with Crippen molar-refractivity contribution in [1.82, 2.24) is 0 Å². The molecule has 0 aliphatic heterocycles. The Kier molecular flexibility index (Phi) is 23.6. The van der Waals surface area contributed by atoms with Crippen LogP contribution in [0.15, 0.2) is 24.3 Å². The van der Waals surface area contributed by atoms with Crippen molar-refractivity contribution in [2.45, 2.75) is 182 Å². The first-order valence-corrected chi connectivity index (χ1v) is 22.3. The van der Waals surface area contributed by atoms with Crippen LogP contribution in [0.4, 0.5) is 5.69 Å². The molecule has 262 valence electrons. The second-order valence-electron chi connectivity index (χ2n) is 14.0. The Labute approximate surface area is 278 Å². The van der Waals surface area contributed by atoms with Crippen LogP contribution in [-0.2, 0) is 4.62 Å². The number of carboxylic acid groups (broad SMARTS) is 1. The topological polar surface area (TPSA) is 66.6 Å². The standard InChI is InChI=1S/C39H72NO4P/c1-5-9-13-17-18-19-20-21-22-23-24-30-36-45(33-27-14-10-6-2,34-28-15-11-7-3,35-29-16-12-8-4)44-40(43)38-32-26-25-31-37(38)39(41)42/h25-26,31-32H,5-24,27-30,33-36H2,1-4H3/p+1. The molecule has 0 saturated heterocycles. The number of benzene rings is 1. The van der Waals surface area contributed by atoms with Gasteiger partial charge in [-0.1, -0.05) is 13.3 Å². The number of rotatable bonds is 32. The fraction of sp³-hybridized carbons (Fsp3) is 0.821. The zero-order valence-electron chi connectivity index (χ0n) is 30.2. The molecule has 0 atom stereocenters. The maximum atomic E-state index is 14.0. The summed E-state index contributed by atoms with van der Waals surface area (Å²) in [5.41, 5.74) is 0.168. The van der Waals surface area contributed by atoms with Gasteiger partial charge in [0.05, 0.1) is 0 Å². The molecule has 0 spiro atoms. The quantitative estimate of drug-likeness (QED) is 0.0479. The van der Waals surface area contributed by atoms with Gasteiger partial charge in [-0.05, 0) is 0 Å². The normalized spacial score (nSPS) is 12.6. The molecular weight excluding hydrogens is 577 g/mol. The SMILES string of the molecule is CCCCCCCCCCCCCCP(CCCCCC)(CCCCCC)(CCCCCC)O[N+](=O)c1ccccc1C(=O)O. The molecule has 0 amide bonds. The Hall–Kier alpha value is -1.48. The van der Waals surface area contributed by atoms with Crippen LogP contribution >= 0.6 is 6.83 Å². The molecule has 1 aromatic rings. The average molecular weight is 651 g/mol. The fourth-order valence-corrected chi connectivity index (χ4v) is 13.3. The van der Waals surface area contributed by atoms with Gasteiger partial charge < -0.3 is 0 Å². The number of hydrogen-bond acceptors (Lipinski definition) is 3. The Morgan fingerprint density at radius 1 is 0.556 bits per heavy atom. The van der Waals surface area contributed by atoms with E-state index < -0.39 is 12.8 Å². The van der Waals surface area contributed by atoms with E-state index in [2.05, 4.69) is 27.7 Å². The van der Waals surface area contributed by atoms with E-state index in [4.69, 9.17) is 4.62 Å². The van der Waals surface area contributed by atoms with E-state index in [0.29, 0.717) is 4.92 Å². The van der Waals surface area contributed by atoms with Gasteiger partial charge in [-0.3, -0.25) is 0 Å². The summed E-state index contributed by atoms with van der Waals surface area (Å²) in [6, 6.07) is 6.58. The molecule has 0 aliphatic rings. The van der Waals surface area contributed by atoms with E-state index in [1.165, 1.54) is 134 Å². The van der Waals surface area contributed by atoms with Crippen molar-refractivity contribution in [2.75, 3.05) is 24.6 Å². The number of hydrogen-bond donors (Lipinski definition) is 1. The molecule has 1 rings (SSSR count). The molecule has 45 heavy (non-hydrogen) atoms. The molecule has 0 fully saturated rings. The number of para-hydroxylation sites is 1. The van der Waals surface area contributed by atoms with Crippen LogP contribution in [-0.4, -0.2) is 40.6 Å². The van der Waals surface area contributed by atoms with Crippen molar-refractivity contribution in [1.29, 1.82) is 0 Å². The number of aromatic carboxylic acids is 1. The summed E-state index contributed by atoms with van der Waals surface area (Å²) in [7, 11) is 0. The zero-order valence-corrected chi connectivity index (χ0v) is 31.1. The Morgan fingerprint density at radius 3 is 1.22 bits per heavy atom. The molecule has 1 N–H and O–H groups in total. The van der Waals surface area contributed by atoms with E-state index in [-0.39, 0.29) is 11.3 Å². The summed E-state index contributed by atoms with van der Waals surface area (Å²) in [6.07, 6.45) is 33.8. The van der Waals surface area contributed by atoms with Gasteiger partial charge in [0, 0.05) is 0 Å². The number of carboxylic acids is 1. The summed E-state index contributed by atoms with van der Waals surface area (Å²) in [4.78, 5) is 26.8.